The third kappa shape index (κ3) is 5.41. The SMILES string of the molecule is Cc1oc(-c2ccccc2NC(=O)[C@H]2CCCO2)nc1CNC(=O)CC1=CCCCC1. The molecule has 2 N–H and O–H groups in total. The number of allylic oxidation sites excluding steroid dienone is 1. The molecular weight excluding hydrogens is 394 g/mol. The molecule has 0 unspecified atom stereocenters. The van der Waals surface area contributed by atoms with E-state index in [4.69, 9.17) is 9.15 Å². The number of nitrogens with zero attached hydrogens (tertiary/aromatic N) is 1. The summed E-state index contributed by atoms with van der Waals surface area (Å²) in [5.74, 6) is 0.909. The lowest BCUT2D eigenvalue weighted by molar-refractivity contribution is -0.124. The number of ether oxygens (including phenoxy) is 1. The Hall–Kier alpha value is -2.93. The maximum Gasteiger partial charge on any atom is 0.253 e. The zero-order valence-electron chi connectivity index (χ0n) is 17.9. The van der Waals surface area contributed by atoms with Gasteiger partial charge in [0.2, 0.25) is 11.8 Å². The van der Waals surface area contributed by atoms with Crippen LogP contribution in [0.1, 0.15) is 56.4 Å². The lowest BCUT2D eigenvalue weighted by atomic mass is 9.97. The molecule has 1 fully saturated rings. The van der Waals surface area contributed by atoms with Crippen LogP contribution in [0.15, 0.2) is 40.3 Å². The summed E-state index contributed by atoms with van der Waals surface area (Å²) in [5.41, 5.74) is 3.23. The quantitative estimate of drug-likeness (QED) is 0.649. The molecule has 164 valence electrons. The average Bonchev–Trinajstić information content (AvgIpc) is 3.44. The van der Waals surface area contributed by atoms with Crippen LogP contribution >= 0.6 is 0 Å². The van der Waals surface area contributed by atoms with Gasteiger partial charge in [0.1, 0.15) is 17.6 Å². The number of aryl methyl sites for hydroxylation is 1. The molecule has 0 bridgehead atoms. The largest absolute Gasteiger partial charge is 0.441 e. The van der Waals surface area contributed by atoms with Crippen molar-refractivity contribution in [2.45, 2.75) is 64.5 Å². The summed E-state index contributed by atoms with van der Waals surface area (Å²) in [6, 6.07) is 7.40. The molecule has 2 heterocycles. The number of hydrogen-bond donors (Lipinski definition) is 2. The Morgan fingerprint density at radius 3 is 2.84 bits per heavy atom. The molecule has 0 radical (unpaired) electrons. The topological polar surface area (TPSA) is 93.5 Å². The Bertz CT molecular complexity index is 973. The van der Waals surface area contributed by atoms with Gasteiger partial charge in [-0.05, 0) is 57.6 Å². The van der Waals surface area contributed by atoms with E-state index < -0.39 is 6.10 Å². The minimum absolute atomic E-state index is 0.00123. The minimum atomic E-state index is -0.413. The second-order valence-electron chi connectivity index (χ2n) is 8.12. The van der Waals surface area contributed by atoms with E-state index in [0.717, 1.165) is 32.1 Å². The number of benzene rings is 1. The first kappa shape index (κ1) is 21.3. The smallest absolute Gasteiger partial charge is 0.253 e. The van der Waals surface area contributed by atoms with E-state index in [2.05, 4.69) is 21.7 Å². The molecule has 4 rings (SSSR count). The maximum absolute atomic E-state index is 12.5. The fraction of sp³-hybridized carbons (Fsp3) is 0.458. The highest BCUT2D eigenvalue weighted by Crippen LogP contribution is 2.29. The number of anilines is 1. The predicted octanol–water partition coefficient (Wildman–Crippen LogP) is 4.27. The summed E-state index contributed by atoms with van der Waals surface area (Å²) in [4.78, 5) is 29.4. The van der Waals surface area contributed by atoms with Crippen molar-refractivity contribution in [3.63, 3.8) is 0 Å². The van der Waals surface area contributed by atoms with Crippen molar-refractivity contribution < 1.29 is 18.7 Å². The lowest BCUT2D eigenvalue weighted by Crippen LogP contribution is -2.27. The van der Waals surface area contributed by atoms with Gasteiger partial charge in [-0.25, -0.2) is 4.98 Å². The zero-order chi connectivity index (χ0) is 21.6. The van der Waals surface area contributed by atoms with Gasteiger partial charge >= 0.3 is 0 Å². The van der Waals surface area contributed by atoms with Crippen LogP contribution in [0.3, 0.4) is 0 Å². The van der Waals surface area contributed by atoms with Crippen LogP contribution in [0.4, 0.5) is 5.69 Å². The summed E-state index contributed by atoms with van der Waals surface area (Å²) in [6.45, 7) is 2.76. The average molecular weight is 424 g/mol. The molecule has 1 aromatic carbocycles. The van der Waals surface area contributed by atoms with Crippen molar-refractivity contribution in [1.82, 2.24) is 10.3 Å². The minimum Gasteiger partial charge on any atom is -0.441 e. The third-order valence-electron chi connectivity index (χ3n) is 5.76. The Morgan fingerprint density at radius 2 is 2.06 bits per heavy atom. The number of carbonyl (C=O) groups is 2. The van der Waals surface area contributed by atoms with Gasteiger partial charge in [0, 0.05) is 13.0 Å². The normalized spacial score (nSPS) is 18.5. The van der Waals surface area contributed by atoms with E-state index in [-0.39, 0.29) is 11.8 Å². The highest BCUT2D eigenvalue weighted by molar-refractivity contribution is 5.97. The van der Waals surface area contributed by atoms with Crippen molar-refractivity contribution >= 4 is 17.5 Å². The molecular formula is C24H29N3O4. The highest BCUT2D eigenvalue weighted by atomic mass is 16.5. The molecule has 2 amide bonds. The number of nitrogens with one attached hydrogen (secondary N) is 2. The van der Waals surface area contributed by atoms with Crippen LogP contribution in [0.2, 0.25) is 0 Å². The number of hydrogen-bond acceptors (Lipinski definition) is 5. The molecule has 0 saturated carbocycles. The van der Waals surface area contributed by atoms with E-state index in [1.807, 2.05) is 31.2 Å². The molecule has 0 spiro atoms. The van der Waals surface area contributed by atoms with Crippen molar-refractivity contribution in [1.29, 1.82) is 0 Å². The molecule has 1 aliphatic carbocycles. The molecule has 2 aromatic rings. The van der Waals surface area contributed by atoms with Gasteiger partial charge in [0.05, 0.1) is 17.8 Å². The summed E-state index contributed by atoms with van der Waals surface area (Å²) in [5, 5.41) is 5.88. The Kier molecular flexibility index (Phi) is 6.82. The van der Waals surface area contributed by atoms with Crippen molar-refractivity contribution in [3.05, 3.63) is 47.4 Å². The standard InChI is InChI=1S/C24H29N3O4/c1-16-20(15-25-22(28)14-17-8-3-2-4-9-17)27-24(31-16)18-10-5-6-11-19(18)26-23(29)21-12-7-13-30-21/h5-6,8,10-11,21H,2-4,7,9,12-15H2,1H3,(H,25,28)(H,26,29)/t21-/m1/s1. The van der Waals surface area contributed by atoms with E-state index >= 15 is 0 Å². The highest BCUT2D eigenvalue weighted by Gasteiger charge is 2.25. The Balaban J connectivity index is 1.42. The number of rotatable bonds is 7. The number of para-hydroxylation sites is 1. The predicted molar refractivity (Wildman–Crippen MR) is 117 cm³/mol. The van der Waals surface area contributed by atoms with Crippen LogP contribution in [-0.2, 0) is 20.9 Å². The zero-order valence-corrected chi connectivity index (χ0v) is 17.9. The molecule has 1 aliphatic heterocycles. The molecule has 1 saturated heterocycles. The number of oxazole rings is 1. The number of amides is 2. The van der Waals surface area contributed by atoms with E-state index in [1.54, 1.807) is 0 Å². The van der Waals surface area contributed by atoms with E-state index in [0.29, 0.717) is 48.2 Å². The Labute approximate surface area is 182 Å². The summed E-state index contributed by atoms with van der Waals surface area (Å²) in [6.07, 6.45) is 8.29. The molecule has 1 aromatic heterocycles. The van der Waals surface area contributed by atoms with Crippen LogP contribution in [0, 0.1) is 6.92 Å². The molecule has 7 heteroatoms. The second-order valence-corrected chi connectivity index (χ2v) is 8.12. The fourth-order valence-corrected chi connectivity index (χ4v) is 4.00. The molecule has 1 atom stereocenters. The monoisotopic (exact) mass is 423 g/mol. The van der Waals surface area contributed by atoms with Crippen molar-refractivity contribution in [2.24, 2.45) is 0 Å². The maximum atomic E-state index is 12.5. The number of carbonyl (C=O) groups excluding carboxylic acids is 2. The first-order valence-corrected chi connectivity index (χ1v) is 11.0. The van der Waals surface area contributed by atoms with Gasteiger partial charge in [-0.15, -0.1) is 0 Å². The van der Waals surface area contributed by atoms with Gasteiger partial charge in [-0.2, -0.15) is 0 Å². The van der Waals surface area contributed by atoms with E-state index in [1.165, 1.54) is 12.0 Å². The van der Waals surface area contributed by atoms with Crippen LogP contribution in [0.25, 0.3) is 11.5 Å². The lowest BCUT2D eigenvalue weighted by Gasteiger charge is -2.12. The molecule has 2 aliphatic rings. The van der Waals surface area contributed by atoms with Gasteiger partial charge < -0.3 is 19.8 Å². The summed E-state index contributed by atoms with van der Waals surface area (Å²) in [7, 11) is 0. The number of aromatic nitrogens is 1. The van der Waals surface area contributed by atoms with Crippen LogP contribution < -0.4 is 10.6 Å². The van der Waals surface area contributed by atoms with Crippen LogP contribution in [-0.4, -0.2) is 29.5 Å². The van der Waals surface area contributed by atoms with E-state index in [9.17, 15) is 9.59 Å². The second kappa shape index (κ2) is 9.92. The first-order chi connectivity index (χ1) is 15.1. The first-order valence-electron chi connectivity index (χ1n) is 11.0. The van der Waals surface area contributed by atoms with Gasteiger partial charge in [-0.3, -0.25) is 9.59 Å². The van der Waals surface area contributed by atoms with Crippen LogP contribution in [0.5, 0.6) is 0 Å². The molecule has 31 heavy (non-hydrogen) atoms. The van der Waals surface area contributed by atoms with Gasteiger partial charge in [-0.1, -0.05) is 23.8 Å². The van der Waals surface area contributed by atoms with Gasteiger partial charge in [0.15, 0.2) is 0 Å². The summed E-state index contributed by atoms with van der Waals surface area (Å²) < 4.78 is 11.3. The fourth-order valence-electron chi connectivity index (χ4n) is 4.00. The Morgan fingerprint density at radius 1 is 1.19 bits per heavy atom. The van der Waals surface area contributed by atoms with Gasteiger partial charge in [0.25, 0.3) is 5.91 Å². The molecule has 7 nitrogen and oxygen atoms in total. The van der Waals surface area contributed by atoms with Crippen molar-refractivity contribution in [2.75, 3.05) is 11.9 Å². The third-order valence-corrected chi connectivity index (χ3v) is 5.76. The summed E-state index contributed by atoms with van der Waals surface area (Å²) >= 11 is 0. The van der Waals surface area contributed by atoms with Crippen molar-refractivity contribution in [3.8, 4) is 11.5 Å².